The first-order valence-corrected chi connectivity index (χ1v) is 8.46. The number of para-hydroxylation sites is 2. The van der Waals surface area contributed by atoms with Crippen LogP contribution in [-0.4, -0.2) is 31.2 Å². The molecule has 0 saturated heterocycles. The smallest absolute Gasteiger partial charge is 0.234 e. The fourth-order valence-corrected chi connectivity index (χ4v) is 3.21. The number of amides is 1. The van der Waals surface area contributed by atoms with Crippen LogP contribution in [0.3, 0.4) is 0 Å². The fraction of sp³-hybridized carbons (Fsp3) is 0.0588. The summed E-state index contributed by atoms with van der Waals surface area (Å²) in [5.41, 5.74) is 2.86. The molecule has 0 atom stereocenters. The van der Waals surface area contributed by atoms with Crippen LogP contribution in [0.2, 0.25) is 0 Å². The van der Waals surface area contributed by atoms with Crippen molar-refractivity contribution in [1.82, 2.24) is 19.6 Å². The minimum atomic E-state index is -0.345. The van der Waals surface area contributed by atoms with Crippen LogP contribution in [0, 0.1) is 5.82 Å². The molecule has 25 heavy (non-hydrogen) atoms. The Hall–Kier alpha value is -3.00. The van der Waals surface area contributed by atoms with Crippen LogP contribution in [0.5, 0.6) is 0 Å². The number of fused-ring (bicyclic) bond motifs is 3. The van der Waals surface area contributed by atoms with Crippen molar-refractivity contribution in [1.29, 1.82) is 0 Å². The van der Waals surface area contributed by atoms with Gasteiger partial charge >= 0.3 is 0 Å². The van der Waals surface area contributed by atoms with Crippen LogP contribution in [0.1, 0.15) is 0 Å². The van der Waals surface area contributed by atoms with E-state index in [4.69, 9.17) is 0 Å². The summed E-state index contributed by atoms with van der Waals surface area (Å²) in [4.78, 5) is 16.7. The molecule has 0 aliphatic carbocycles. The summed E-state index contributed by atoms with van der Waals surface area (Å²) in [6.07, 6.45) is 1.63. The normalized spacial score (nSPS) is 11.1. The number of carbonyl (C=O) groups is 1. The molecule has 0 spiro atoms. The standard InChI is InChI=1S/C17H12FN5OS/c18-11-5-7-12(8-6-11)20-15(24)9-25-17-16-22-19-10-23(16)14-4-2-1-3-13(14)21-17/h1-8,10H,9H2,(H,20,24). The average molecular weight is 353 g/mol. The van der Waals surface area contributed by atoms with Gasteiger partial charge in [-0.3, -0.25) is 9.20 Å². The predicted octanol–water partition coefficient (Wildman–Crippen LogP) is 3.15. The van der Waals surface area contributed by atoms with Crippen molar-refractivity contribution in [2.75, 3.05) is 11.1 Å². The molecule has 1 N–H and O–H groups in total. The molecule has 0 aliphatic rings. The lowest BCUT2D eigenvalue weighted by atomic mass is 10.3. The zero-order valence-corrected chi connectivity index (χ0v) is 13.7. The number of benzene rings is 2. The number of nitrogens with one attached hydrogen (secondary N) is 1. The van der Waals surface area contributed by atoms with Gasteiger partial charge in [-0.05, 0) is 36.4 Å². The van der Waals surface area contributed by atoms with E-state index in [0.29, 0.717) is 16.4 Å². The number of anilines is 1. The number of hydrogen-bond acceptors (Lipinski definition) is 5. The summed E-state index contributed by atoms with van der Waals surface area (Å²) < 4.78 is 14.7. The van der Waals surface area contributed by atoms with Crippen molar-refractivity contribution in [2.45, 2.75) is 5.03 Å². The lowest BCUT2D eigenvalue weighted by Crippen LogP contribution is -2.14. The molecule has 0 saturated carbocycles. The third-order valence-corrected chi connectivity index (χ3v) is 4.52. The summed E-state index contributed by atoms with van der Waals surface area (Å²) in [6.45, 7) is 0. The molecule has 124 valence electrons. The molecular weight excluding hydrogens is 341 g/mol. The van der Waals surface area contributed by atoms with Crippen molar-refractivity contribution >= 4 is 40.0 Å². The molecule has 0 bridgehead atoms. The Bertz CT molecular complexity index is 1060. The summed E-state index contributed by atoms with van der Waals surface area (Å²) in [5.74, 6) is -0.392. The van der Waals surface area contributed by atoms with Crippen molar-refractivity contribution < 1.29 is 9.18 Å². The first-order chi connectivity index (χ1) is 12.2. The molecule has 4 rings (SSSR count). The van der Waals surface area contributed by atoms with E-state index in [0.717, 1.165) is 11.0 Å². The molecule has 8 heteroatoms. The predicted molar refractivity (Wildman–Crippen MR) is 94.0 cm³/mol. The van der Waals surface area contributed by atoms with Crippen LogP contribution in [0.25, 0.3) is 16.7 Å². The van der Waals surface area contributed by atoms with E-state index in [1.807, 2.05) is 28.7 Å². The highest BCUT2D eigenvalue weighted by atomic mass is 32.2. The summed E-state index contributed by atoms with van der Waals surface area (Å²) in [5, 5.41) is 11.4. The first-order valence-electron chi connectivity index (χ1n) is 7.47. The molecule has 0 radical (unpaired) electrons. The monoisotopic (exact) mass is 353 g/mol. The molecule has 2 aromatic heterocycles. The van der Waals surface area contributed by atoms with Crippen molar-refractivity contribution in [3.63, 3.8) is 0 Å². The first kappa shape index (κ1) is 15.5. The Kier molecular flexibility index (Phi) is 4.02. The van der Waals surface area contributed by atoms with Gasteiger partial charge in [-0.25, -0.2) is 9.37 Å². The molecular formula is C17H12FN5OS. The second-order valence-corrected chi connectivity index (χ2v) is 6.24. The van der Waals surface area contributed by atoms with Crippen molar-refractivity contribution in [3.05, 3.63) is 60.7 Å². The Balaban J connectivity index is 1.54. The summed E-state index contributed by atoms with van der Waals surface area (Å²) in [6, 6.07) is 13.3. The van der Waals surface area contributed by atoms with Gasteiger partial charge < -0.3 is 5.32 Å². The molecule has 1 amide bonds. The molecule has 0 aliphatic heterocycles. The summed E-state index contributed by atoms with van der Waals surface area (Å²) >= 11 is 1.28. The molecule has 0 unspecified atom stereocenters. The second-order valence-electron chi connectivity index (χ2n) is 5.27. The Morgan fingerprint density at radius 3 is 2.80 bits per heavy atom. The van der Waals surface area contributed by atoms with Gasteiger partial charge in [-0.15, -0.1) is 10.2 Å². The maximum atomic E-state index is 12.9. The lowest BCUT2D eigenvalue weighted by molar-refractivity contribution is -0.113. The van der Waals surface area contributed by atoms with Crippen LogP contribution < -0.4 is 5.32 Å². The minimum Gasteiger partial charge on any atom is -0.325 e. The van der Waals surface area contributed by atoms with E-state index in [1.165, 1.54) is 36.0 Å². The summed E-state index contributed by atoms with van der Waals surface area (Å²) in [7, 11) is 0. The van der Waals surface area contributed by atoms with Crippen molar-refractivity contribution in [2.24, 2.45) is 0 Å². The highest BCUT2D eigenvalue weighted by molar-refractivity contribution is 8.00. The van der Waals surface area contributed by atoms with Crippen LogP contribution in [0.4, 0.5) is 10.1 Å². The van der Waals surface area contributed by atoms with Gasteiger partial charge in [0.2, 0.25) is 5.91 Å². The van der Waals surface area contributed by atoms with Gasteiger partial charge in [0.15, 0.2) is 5.65 Å². The van der Waals surface area contributed by atoms with Gasteiger partial charge in [-0.1, -0.05) is 23.9 Å². The number of thioether (sulfide) groups is 1. The highest BCUT2D eigenvalue weighted by Gasteiger charge is 2.12. The molecule has 0 fully saturated rings. The number of rotatable bonds is 4. The maximum Gasteiger partial charge on any atom is 0.234 e. The largest absolute Gasteiger partial charge is 0.325 e. The number of nitrogens with zero attached hydrogens (tertiary/aromatic N) is 4. The third kappa shape index (κ3) is 3.16. The topological polar surface area (TPSA) is 72.2 Å². The number of carbonyl (C=O) groups excluding carboxylic acids is 1. The zero-order chi connectivity index (χ0) is 17.2. The van der Waals surface area contributed by atoms with E-state index in [9.17, 15) is 9.18 Å². The van der Waals surface area contributed by atoms with Crippen LogP contribution in [0.15, 0.2) is 59.9 Å². The van der Waals surface area contributed by atoms with E-state index >= 15 is 0 Å². The van der Waals surface area contributed by atoms with E-state index < -0.39 is 0 Å². The maximum absolute atomic E-state index is 12.9. The van der Waals surface area contributed by atoms with Crippen LogP contribution in [-0.2, 0) is 4.79 Å². The molecule has 6 nitrogen and oxygen atoms in total. The van der Waals surface area contributed by atoms with Crippen LogP contribution >= 0.6 is 11.8 Å². The molecule has 2 heterocycles. The number of halogens is 1. The Morgan fingerprint density at radius 2 is 1.96 bits per heavy atom. The SMILES string of the molecule is O=C(CSc1nc2ccccc2n2cnnc12)Nc1ccc(F)cc1. The van der Waals surface area contributed by atoms with E-state index in [-0.39, 0.29) is 17.5 Å². The fourth-order valence-electron chi connectivity index (χ4n) is 2.44. The van der Waals surface area contributed by atoms with Gasteiger partial charge in [0, 0.05) is 5.69 Å². The highest BCUT2D eigenvalue weighted by Crippen LogP contribution is 2.24. The minimum absolute atomic E-state index is 0.158. The molecule has 2 aromatic carbocycles. The average Bonchev–Trinajstić information content (AvgIpc) is 3.12. The third-order valence-electron chi connectivity index (χ3n) is 3.57. The van der Waals surface area contributed by atoms with Gasteiger partial charge in [-0.2, -0.15) is 0 Å². The molecule has 4 aromatic rings. The second kappa shape index (κ2) is 6.48. The quantitative estimate of drug-likeness (QED) is 0.571. The van der Waals surface area contributed by atoms with E-state index in [2.05, 4.69) is 20.5 Å². The Morgan fingerprint density at radius 1 is 1.16 bits per heavy atom. The van der Waals surface area contributed by atoms with Crippen molar-refractivity contribution in [3.8, 4) is 0 Å². The van der Waals surface area contributed by atoms with Gasteiger partial charge in [0.25, 0.3) is 0 Å². The van der Waals surface area contributed by atoms with Gasteiger partial charge in [0.1, 0.15) is 17.2 Å². The lowest BCUT2D eigenvalue weighted by Gasteiger charge is -2.07. The number of aromatic nitrogens is 4. The Labute approximate surface area is 146 Å². The van der Waals surface area contributed by atoms with Gasteiger partial charge in [0.05, 0.1) is 16.8 Å². The van der Waals surface area contributed by atoms with E-state index in [1.54, 1.807) is 6.33 Å². The number of hydrogen-bond donors (Lipinski definition) is 1. The zero-order valence-electron chi connectivity index (χ0n) is 12.9.